The minimum absolute atomic E-state index is 0.235. The Kier molecular flexibility index (Phi) is 3.27. The van der Waals surface area contributed by atoms with Crippen LogP contribution in [0.15, 0.2) is 0 Å². The molecule has 2 aliphatic heterocycles. The molecule has 2 aliphatic rings. The lowest BCUT2D eigenvalue weighted by molar-refractivity contribution is -0.333. The third-order valence-corrected chi connectivity index (χ3v) is 2.97. The Morgan fingerprint density at radius 2 is 1.79 bits per heavy atom. The molecule has 0 radical (unpaired) electrons. The van der Waals surface area contributed by atoms with Crippen molar-refractivity contribution in [1.29, 1.82) is 0 Å². The first kappa shape index (κ1) is 11.0. The second kappa shape index (κ2) is 4.16. The van der Waals surface area contributed by atoms with E-state index in [4.69, 9.17) is 14.2 Å². The molecular weight excluding hydrogens is 307 g/mol. The Hall–Kier alpha value is 0.490. The lowest BCUT2D eigenvalue weighted by atomic mass is 9.99. The first-order valence-corrected chi connectivity index (χ1v) is 5.45. The maximum absolute atomic E-state index is 9.59. The molecule has 2 saturated heterocycles. The fourth-order valence-electron chi connectivity index (χ4n) is 1.56. The van der Waals surface area contributed by atoms with E-state index in [0.717, 1.165) is 0 Å². The third-order valence-electron chi connectivity index (χ3n) is 2.31. The predicted molar refractivity (Wildman–Crippen MR) is 51.5 cm³/mol. The normalized spacial score (nSPS) is 54.0. The standard InChI is InChI=1S/C7H11IO6/c8-7-12-1-2-5(14-7)3(9)4(10)6(11)13-2/h2-7,9-11H,1H2/t2-,3-,4-,5-,6?,7?/m1/s1. The zero-order chi connectivity index (χ0) is 10.3. The molecule has 3 N–H and O–H groups in total. The summed E-state index contributed by atoms with van der Waals surface area (Å²) >= 11 is 1.91. The Morgan fingerprint density at radius 1 is 1.07 bits per heavy atom. The molecule has 7 heteroatoms. The van der Waals surface area contributed by atoms with Crippen molar-refractivity contribution in [2.45, 2.75) is 35.0 Å². The highest BCUT2D eigenvalue weighted by Gasteiger charge is 2.47. The number of aliphatic hydroxyl groups excluding tert-OH is 3. The van der Waals surface area contributed by atoms with Crippen molar-refractivity contribution >= 4 is 22.6 Å². The van der Waals surface area contributed by atoms with Crippen molar-refractivity contribution in [1.82, 2.24) is 0 Å². The van der Waals surface area contributed by atoms with Crippen LogP contribution < -0.4 is 0 Å². The second-order valence-corrected chi connectivity index (χ2v) is 4.27. The number of hydrogen-bond donors (Lipinski definition) is 3. The number of fused-ring (bicyclic) bond motifs is 1. The van der Waals surface area contributed by atoms with Crippen molar-refractivity contribution in [3.63, 3.8) is 0 Å². The van der Waals surface area contributed by atoms with E-state index in [2.05, 4.69) is 0 Å². The lowest BCUT2D eigenvalue weighted by Gasteiger charge is -2.43. The molecule has 2 unspecified atom stereocenters. The summed E-state index contributed by atoms with van der Waals surface area (Å²) in [5.74, 6) is 0. The van der Waals surface area contributed by atoms with Crippen LogP contribution in [0.1, 0.15) is 0 Å². The average Bonchev–Trinajstić information content (AvgIpc) is 2.16. The number of hydrogen-bond acceptors (Lipinski definition) is 6. The Balaban J connectivity index is 2.08. The quantitative estimate of drug-likeness (QED) is 0.375. The number of alkyl halides is 1. The highest BCUT2D eigenvalue weighted by molar-refractivity contribution is 14.1. The molecule has 2 rings (SSSR count). The molecule has 6 atom stereocenters. The van der Waals surface area contributed by atoms with Crippen LogP contribution in [0.5, 0.6) is 0 Å². The van der Waals surface area contributed by atoms with Crippen LogP contribution in [0.3, 0.4) is 0 Å². The van der Waals surface area contributed by atoms with Gasteiger partial charge in [0, 0.05) is 0 Å². The molecule has 6 nitrogen and oxygen atoms in total. The van der Waals surface area contributed by atoms with Crippen molar-refractivity contribution in [3.05, 3.63) is 0 Å². The van der Waals surface area contributed by atoms with Gasteiger partial charge in [-0.2, -0.15) is 0 Å². The molecule has 0 amide bonds. The van der Waals surface area contributed by atoms with E-state index in [1.165, 1.54) is 0 Å². The molecule has 2 heterocycles. The number of ether oxygens (including phenoxy) is 3. The van der Waals surface area contributed by atoms with E-state index in [-0.39, 0.29) is 6.61 Å². The molecule has 2 fully saturated rings. The average molecular weight is 318 g/mol. The maximum Gasteiger partial charge on any atom is 0.211 e. The summed E-state index contributed by atoms with van der Waals surface area (Å²) in [6.45, 7) is 0.235. The number of halogens is 1. The fourth-order valence-corrected chi connectivity index (χ4v) is 2.10. The van der Waals surface area contributed by atoms with Crippen LogP contribution in [0.4, 0.5) is 0 Å². The summed E-state index contributed by atoms with van der Waals surface area (Å²) in [5, 5.41) is 28.1. The second-order valence-electron chi connectivity index (χ2n) is 3.25. The van der Waals surface area contributed by atoms with E-state index < -0.39 is 35.0 Å². The highest BCUT2D eigenvalue weighted by Crippen LogP contribution is 2.28. The van der Waals surface area contributed by atoms with Gasteiger partial charge < -0.3 is 29.5 Å². The topological polar surface area (TPSA) is 88.4 Å². The summed E-state index contributed by atoms with van der Waals surface area (Å²) in [5.41, 5.74) is 0. The van der Waals surface area contributed by atoms with Gasteiger partial charge in [-0.3, -0.25) is 0 Å². The third kappa shape index (κ3) is 1.90. The lowest BCUT2D eigenvalue weighted by Crippen LogP contribution is -2.62. The van der Waals surface area contributed by atoms with E-state index in [0.29, 0.717) is 0 Å². The summed E-state index contributed by atoms with van der Waals surface area (Å²) in [6.07, 6.45) is -5.05. The summed E-state index contributed by atoms with van der Waals surface area (Å²) in [4.78, 5) is 0. The molecule has 14 heavy (non-hydrogen) atoms. The van der Waals surface area contributed by atoms with Gasteiger partial charge in [-0.1, -0.05) is 0 Å². The molecular formula is C7H11IO6. The smallest absolute Gasteiger partial charge is 0.211 e. The summed E-state index contributed by atoms with van der Waals surface area (Å²) in [6, 6.07) is 0. The largest absolute Gasteiger partial charge is 0.387 e. The molecule has 82 valence electrons. The molecule has 0 aromatic rings. The van der Waals surface area contributed by atoms with E-state index in [9.17, 15) is 15.3 Å². The maximum atomic E-state index is 9.59. The molecule has 0 saturated carbocycles. The monoisotopic (exact) mass is 318 g/mol. The van der Waals surface area contributed by atoms with Crippen molar-refractivity contribution in [2.24, 2.45) is 0 Å². The number of rotatable bonds is 0. The van der Waals surface area contributed by atoms with Gasteiger partial charge in [0.1, 0.15) is 24.4 Å². The van der Waals surface area contributed by atoms with Crippen LogP contribution in [0.2, 0.25) is 0 Å². The van der Waals surface area contributed by atoms with Gasteiger partial charge >= 0.3 is 0 Å². The minimum atomic E-state index is -1.38. The van der Waals surface area contributed by atoms with Crippen LogP contribution in [-0.2, 0) is 14.2 Å². The van der Waals surface area contributed by atoms with Gasteiger partial charge in [0.25, 0.3) is 0 Å². The van der Waals surface area contributed by atoms with E-state index >= 15 is 0 Å². The Labute approximate surface area is 93.9 Å². The van der Waals surface area contributed by atoms with Gasteiger partial charge in [-0.05, 0) is 22.6 Å². The molecule has 0 aromatic heterocycles. The minimum Gasteiger partial charge on any atom is -0.387 e. The van der Waals surface area contributed by atoms with Gasteiger partial charge in [-0.15, -0.1) is 0 Å². The highest BCUT2D eigenvalue weighted by atomic mass is 127. The first-order chi connectivity index (χ1) is 6.59. The Morgan fingerprint density at radius 3 is 2.50 bits per heavy atom. The van der Waals surface area contributed by atoms with Crippen molar-refractivity contribution in [3.8, 4) is 0 Å². The van der Waals surface area contributed by atoms with Gasteiger partial charge in [0.05, 0.1) is 6.61 Å². The van der Waals surface area contributed by atoms with Crippen molar-refractivity contribution in [2.75, 3.05) is 6.61 Å². The molecule has 0 spiro atoms. The first-order valence-electron chi connectivity index (χ1n) is 4.20. The van der Waals surface area contributed by atoms with Crippen LogP contribution in [-0.4, -0.2) is 56.9 Å². The molecule has 0 bridgehead atoms. The molecule has 0 aromatic carbocycles. The van der Waals surface area contributed by atoms with Crippen LogP contribution >= 0.6 is 22.6 Å². The van der Waals surface area contributed by atoms with Gasteiger partial charge in [-0.25, -0.2) is 0 Å². The summed E-state index contributed by atoms with van der Waals surface area (Å²) in [7, 11) is 0. The van der Waals surface area contributed by atoms with E-state index in [1.54, 1.807) is 0 Å². The van der Waals surface area contributed by atoms with Crippen LogP contribution in [0.25, 0.3) is 0 Å². The predicted octanol–water partition coefficient (Wildman–Crippen LogP) is -1.44. The van der Waals surface area contributed by atoms with E-state index in [1.807, 2.05) is 22.6 Å². The SMILES string of the molecule is OC1O[C@@H]2COC(I)O[C@H]2[C@H](O)[C@H]1O. The fraction of sp³-hybridized carbons (Fsp3) is 1.00. The zero-order valence-electron chi connectivity index (χ0n) is 7.12. The zero-order valence-corrected chi connectivity index (χ0v) is 9.27. The molecule has 0 aliphatic carbocycles. The van der Waals surface area contributed by atoms with Gasteiger partial charge in [0.2, 0.25) is 4.30 Å². The van der Waals surface area contributed by atoms with Gasteiger partial charge in [0.15, 0.2) is 6.29 Å². The van der Waals surface area contributed by atoms with Crippen molar-refractivity contribution < 1.29 is 29.5 Å². The number of aliphatic hydroxyl groups is 3. The summed E-state index contributed by atoms with van der Waals surface area (Å²) < 4.78 is 14.9. The van der Waals surface area contributed by atoms with Crippen LogP contribution in [0, 0.1) is 0 Å². The Bertz CT molecular complexity index is 212.